The summed E-state index contributed by atoms with van der Waals surface area (Å²) in [5.41, 5.74) is 1.79. The van der Waals surface area contributed by atoms with Crippen LogP contribution in [0.3, 0.4) is 0 Å². The van der Waals surface area contributed by atoms with Crippen LogP contribution in [-0.4, -0.2) is 18.5 Å². The summed E-state index contributed by atoms with van der Waals surface area (Å²) in [6.07, 6.45) is 1.35. The van der Waals surface area contributed by atoms with Gasteiger partial charge in [0.05, 0.1) is 6.61 Å². The highest BCUT2D eigenvalue weighted by molar-refractivity contribution is 7.15. The number of carbonyl (C=O) groups excluding carboxylic acids is 2. The van der Waals surface area contributed by atoms with Crippen molar-refractivity contribution in [1.29, 1.82) is 5.26 Å². The molecule has 162 valence electrons. The lowest BCUT2D eigenvalue weighted by atomic mass is 10.0. The topological polar surface area (TPSA) is 79.2 Å². The summed E-state index contributed by atoms with van der Waals surface area (Å²) in [6.45, 7) is 1.86. The molecule has 0 aliphatic heterocycles. The predicted octanol–water partition coefficient (Wildman–Crippen LogP) is 7.10. The monoisotopic (exact) mass is 504 g/mol. The molecular formula is C23H15Cl3N2O3S. The second-order valence-electron chi connectivity index (χ2n) is 6.37. The number of hydrogen-bond donors (Lipinski definition) is 1. The number of hydrogen-bond acceptors (Lipinski definition) is 5. The number of amides is 1. The van der Waals surface area contributed by atoms with Crippen LogP contribution in [0, 0.1) is 11.3 Å². The van der Waals surface area contributed by atoms with Gasteiger partial charge in [-0.05, 0) is 48.4 Å². The molecule has 0 aliphatic rings. The molecule has 0 aliphatic carbocycles. The quantitative estimate of drug-likeness (QED) is 0.220. The molecule has 2 aromatic carbocycles. The molecule has 0 bridgehead atoms. The van der Waals surface area contributed by atoms with Crippen LogP contribution in [0.15, 0.2) is 53.4 Å². The van der Waals surface area contributed by atoms with Crippen LogP contribution in [0.2, 0.25) is 15.1 Å². The first-order valence-corrected chi connectivity index (χ1v) is 11.3. The number of nitrogens with zero attached hydrogens (tertiary/aromatic N) is 1. The molecule has 0 spiro atoms. The van der Waals surface area contributed by atoms with E-state index in [4.69, 9.17) is 39.5 Å². The Hall–Kier alpha value is -2.82. The largest absolute Gasteiger partial charge is 0.462 e. The molecule has 0 atom stereocenters. The van der Waals surface area contributed by atoms with E-state index >= 15 is 0 Å². The smallest absolute Gasteiger partial charge is 0.341 e. The molecule has 0 saturated heterocycles. The maximum absolute atomic E-state index is 12.8. The summed E-state index contributed by atoms with van der Waals surface area (Å²) < 4.78 is 5.18. The van der Waals surface area contributed by atoms with Gasteiger partial charge in [0.15, 0.2) is 0 Å². The molecule has 9 heteroatoms. The van der Waals surface area contributed by atoms with E-state index in [1.807, 2.05) is 6.07 Å². The van der Waals surface area contributed by atoms with Crippen LogP contribution in [0.5, 0.6) is 0 Å². The number of ether oxygens (including phenoxy) is 1. The maximum atomic E-state index is 12.8. The molecule has 32 heavy (non-hydrogen) atoms. The van der Waals surface area contributed by atoms with Crippen molar-refractivity contribution in [3.05, 3.63) is 79.6 Å². The molecule has 1 aromatic heterocycles. The number of anilines is 1. The van der Waals surface area contributed by atoms with Crippen molar-refractivity contribution in [1.82, 2.24) is 0 Å². The summed E-state index contributed by atoms with van der Waals surface area (Å²) in [5, 5.41) is 15.4. The van der Waals surface area contributed by atoms with E-state index < -0.39 is 11.9 Å². The lowest BCUT2D eigenvalue weighted by Gasteiger charge is -2.09. The first kappa shape index (κ1) is 23.8. The fourth-order valence-electron chi connectivity index (χ4n) is 2.79. The van der Waals surface area contributed by atoms with Crippen LogP contribution < -0.4 is 5.32 Å². The second kappa shape index (κ2) is 10.7. The fraction of sp³-hybridized carbons (Fsp3) is 0.0870. The van der Waals surface area contributed by atoms with Crippen molar-refractivity contribution in [3.63, 3.8) is 0 Å². The molecule has 1 amide bonds. The molecule has 5 nitrogen and oxygen atoms in total. The number of carbonyl (C=O) groups is 2. The zero-order chi connectivity index (χ0) is 23.3. The lowest BCUT2D eigenvalue weighted by molar-refractivity contribution is -0.112. The van der Waals surface area contributed by atoms with Gasteiger partial charge >= 0.3 is 5.97 Å². The number of nitrogens with one attached hydrogen (secondary N) is 1. The van der Waals surface area contributed by atoms with E-state index in [1.54, 1.807) is 48.7 Å². The van der Waals surface area contributed by atoms with E-state index in [0.717, 1.165) is 16.9 Å². The Balaban J connectivity index is 1.97. The predicted molar refractivity (Wildman–Crippen MR) is 129 cm³/mol. The van der Waals surface area contributed by atoms with E-state index in [1.165, 1.54) is 12.1 Å². The van der Waals surface area contributed by atoms with Crippen molar-refractivity contribution in [2.75, 3.05) is 11.9 Å². The molecule has 0 unspecified atom stereocenters. The number of halogens is 3. The van der Waals surface area contributed by atoms with Gasteiger partial charge in [0, 0.05) is 26.0 Å². The molecule has 1 heterocycles. The van der Waals surface area contributed by atoms with Crippen LogP contribution in [-0.2, 0) is 9.53 Å². The number of rotatable bonds is 6. The maximum Gasteiger partial charge on any atom is 0.341 e. The zero-order valence-corrected chi connectivity index (χ0v) is 19.7. The average molecular weight is 506 g/mol. The second-order valence-corrected chi connectivity index (χ2v) is 8.53. The normalized spacial score (nSPS) is 11.0. The van der Waals surface area contributed by atoms with Crippen molar-refractivity contribution in [2.24, 2.45) is 0 Å². The Morgan fingerprint density at radius 1 is 1.12 bits per heavy atom. The minimum absolute atomic E-state index is 0.167. The molecular weight excluding hydrogens is 491 g/mol. The Morgan fingerprint density at radius 3 is 2.44 bits per heavy atom. The Labute approximate surface area is 203 Å². The zero-order valence-electron chi connectivity index (χ0n) is 16.6. The first-order valence-electron chi connectivity index (χ1n) is 9.26. The highest BCUT2D eigenvalue weighted by atomic mass is 35.5. The van der Waals surface area contributed by atoms with Crippen molar-refractivity contribution in [2.45, 2.75) is 6.92 Å². The SMILES string of the molecule is CCOC(=O)c1c(-c2ccc(Cl)cc2)csc1NC(=O)/C(C#N)=C/c1ccc(Cl)cc1Cl. The molecule has 0 radical (unpaired) electrons. The Kier molecular flexibility index (Phi) is 7.94. The van der Waals surface area contributed by atoms with Gasteiger partial charge in [-0.25, -0.2) is 4.79 Å². The van der Waals surface area contributed by atoms with Crippen LogP contribution in [0.1, 0.15) is 22.8 Å². The Bertz CT molecular complexity index is 1240. The molecule has 0 fully saturated rings. The summed E-state index contributed by atoms with van der Waals surface area (Å²) in [4.78, 5) is 25.5. The van der Waals surface area contributed by atoms with Gasteiger partial charge < -0.3 is 10.1 Å². The highest BCUT2D eigenvalue weighted by Gasteiger charge is 2.24. The van der Waals surface area contributed by atoms with Crippen LogP contribution >= 0.6 is 46.1 Å². The van der Waals surface area contributed by atoms with E-state index in [2.05, 4.69) is 5.32 Å². The lowest BCUT2D eigenvalue weighted by Crippen LogP contribution is -2.16. The standard InChI is InChI=1S/C23H15Cl3N2O3S/c1-2-31-23(30)20-18(13-3-6-16(24)7-4-13)12-32-22(20)28-21(29)15(11-27)9-14-5-8-17(25)10-19(14)26/h3-10,12H,2H2,1H3,(H,28,29)/b15-9+. The number of benzene rings is 2. The Morgan fingerprint density at radius 2 is 1.81 bits per heavy atom. The third-order valence-corrected chi connectivity index (χ3v) is 5.99. The van der Waals surface area contributed by atoms with E-state index in [-0.39, 0.29) is 22.7 Å². The van der Waals surface area contributed by atoms with Gasteiger partial charge in [-0.2, -0.15) is 5.26 Å². The summed E-state index contributed by atoms with van der Waals surface area (Å²) in [6, 6.07) is 13.5. The van der Waals surface area contributed by atoms with E-state index in [0.29, 0.717) is 26.2 Å². The number of nitriles is 1. The third-order valence-electron chi connectivity index (χ3n) is 4.28. The molecule has 3 aromatic rings. The molecule has 1 N–H and O–H groups in total. The minimum Gasteiger partial charge on any atom is -0.462 e. The van der Waals surface area contributed by atoms with Crippen molar-refractivity contribution < 1.29 is 14.3 Å². The van der Waals surface area contributed by atoms with Crippen molar-refractivity contribution >= 4 is 69.1 Å². The number of thiophene rings is 1. The van der Waals surface area contributed by atoms with Gasteiger partial charge in [-0.1, -0.05) is 53.0 Å². The average Bonchev–Trinajstić information content (AvgIpc) is 3.17. The fourth-order valence-corrected chi connectivity index (χ4v) is 4.33. The molecule has 0 saturated carbocycles. The highest BCUT2D eigenvalue weighted by Crippen LogP contribution is 2.37. The first-order chi connectivity index (χ1) is 15.3. The van der Waals surface area contributed by atoms with Crippen LogP contribution in [0.25, 0.3) is 17.2 Å². The van der Waals surface area contributed by atoms with Gasteiger partial charge in [0.2, 0.25) is 0 Å². The summed E-state index contributed by atoms with van der Waals surface area (Å²) >= 11 is 19.1. The molecule has 3 rings (SSSR count). The van der Waals surface area contributed by atoms with Crippen molar-refractivity contribution in [3.8, 4) is 17.2 Å². The van der Waals surface area contributed by atoms with E-state index in [9.17, 15) is 14.9 Å². The van der Waals surface area contributed by atoms with Gasteiger partial charge in [-0.3, -0.25) is 4.79 Å². The van der Waals surface area contributed by atoms with Gasteiger partial charge in [0.1, 0.15) is 22.2 Å². The summed E-state index contributed by atoms with van der Waals surface area (Å²) in [5.74, 6) is -1.27. The summed E-state index contributed by atoms with van der Waals surface area (Å²) in [7, 11) is 0. The van der Waals surface area contributed by atoms with Gasteiger partial charge in [-0.15, -0.1) is 11.3 Å². The number of esters is 1. The minimum atomic E-state index is -0.687. The van der Waals surface area contributed by atoms with Crippen LogP contribution in [0.4, 0.5) is 5.00 Å². The van der Waals surface area contributed by atoms with Gasteiger partial charge in [0.25, 0.3) is 5.91 Å². The third kappa shape index (κ3) is 5.50.